The minimum absolute atomic E-state index is 0.0531. The number of H-pyrrole nitrogens is 1. The first-order valence-corrected chi connectivity index (χ1v) is 12.2. The third-order valence-corrected chi connectivity index (χ3v) is 8.18. The number of hydrogen-bond acceptors (Lipinski definition) is 7. The molecule has 4 rings (SSSR count). The van der Waals surface area contributed by atoms with Crippen LogP contribution in [0.15, 0.2) is 40.0 Å². The lowest BCUT2D eigenvalue weighted by Crippen LogP contribution is -2.44. The van der Waals surface area contributed by atoms with Gasteiger partial charge in [-0.05, 0) is 24.3 Å². The summed E-state index contributed by atoms with van der Waals surface area (Å²) in [6.45, 7) is 0.943. The minimum Gasteiger partial charge on any atom is -0.503 e. The first kappa shape index (κ1) is 23.6. The number of amides is 1. The van der Waals surface area contributed by atoms with Gasteiger partial charge in [0.1, 0.15) is 11.5 Å². The molecule has 1 aromatic heterocycles. The molecule has 10 heteroatoms. The molecule has 1 saturated heterocycles. The van der Waals surface area contributed by atoms with Gasteiger partial charge in [-0.1, -0.05) is 0 Å². The number of pyridine rings is 1. The SMILES string of the molecule is COc1ccc(C(=O)N2CC[S+](c3c(O)c4cc(OC)c(OC)cc4[nH]c3=O)CC2)cc1OC. The Hall–Kier alpha value is -3.53. The van der Waals surface area contributed by atoms with Crippen LogP contribution in [-0.2, 0) is 10.9 Å². The topological polar surface area (TPSA) is 110 Å². The molecule has 0 aliphatic carbocycles. The second-order valence-corrected chi connectivity index (χ2v) is 9.86. The van der Waals surface area contributed by atoms with Crippen molar-refractivity contribution in [3.05, 3.63) is 46.2 Å². The van der Waals surface area contributed by atoms with Crippen LogP contribution in [0.2, 0.25) is 0 Å². The van der Waals surface area contributed by atoms with Crippen LogP contribution in [0.5, 0.6) is 28.7 Å². The van der Waals surface area contributed by atoms with E-state index in [1.165, 1.54) is 21.3 Å². The summed E-state index contributed by atoms with van der Waals surface area (Å²) in [7, 11) is 5.58. The summed E-state index contributed by atoms with van der Waals surface area (Å²) in [5.74, 6) is 2.96. The highest BCUT2D eigenvalue weighted by molar-refractivity contribution is 7.97. The summed E-state index contributed by atoms with van der Waals surface area (Å²) in [4.78, 5) is 30.9. The van der Waals surface area contributed by atoms with Crippen LogP contribution in [0.25, 0.3) is 10.9 Å². The van der Waals surface area contributed by atoms with Gasteiger partial charge in [-0.3, -0.25) is 9.59 Å². The van der Waals surface area contributed by atoms with Crippen LogP contribution < -0.4 is 24.5 Å². The van der Waals surface area contributed by atoms with Gasteiger partial charge in [0.05, 0.1) is 47.0 Å². The van der Waals surface area contributed by atoms with E-state index >= 15 is 0 Å². The number of carbonyl (C=O) groups is 1. The Balaban J connectivity index is 1.57. The molecular formula is C24H27N2O7S+. The van der Waals surface area contributed by atoms with Gasteiger partial charge in [-0.2, -0.15) is 0 Å². The van der Waals surface area contributed by atoms with Gasteiger partial charge in [0.2, 0.25) is 0 Å². The Bertz CT molecular complexity index is 1280. The van der Waals surface area contributed by atoms with Crippen molar-refractivity contribution >= 4 is 27.7 Å². The largest absolute Gasteiger partial charge is 0.503 e. The number of methoxy groups -OCH3 is 4. The van der Waals surface area contributed by atoms with Crippen LogP contribution in [0.1, 0.15) is 10.4 Å². The van der Waals surface area contributed by atoms with Crippen molar-refractivity contribution in [1.82, 2.24) is 9.88 Å². The number of hydrogen-bond donors (Lipinski definition) is 2. The summed E-state index contributed by atoms with van der Waals surface area (Å²) >= 11 is 0. The van der Waals surface area contributed by atoms with Crippen LogP contribution in [0.4, 0.5) is 0 Å². The maximum absolute atomic E-state index is 13.0. The zero-order valence-electron chi connectivity index (χ0n) is 19.5. The van der Waals surface area contributed by atoms with Crippen molar-refractivity contribution in [2.75, 3.05) is 53.0 Å². The van der Waals surface area contributed by atoms with E-state index in [0.717, 1.165) is 0 Å². The molecule has 9 nitrogen and oxygen atoms in total. The van der Waals surface area contributed by atoms with Gasteiger partial charge < -0.3 is 33.9 Å². The highest BCUT2D eigenvalue weighted by atomic mass is 32.2. The Kier molecular flexibility index (Phi) is 6.78. The van der Waals surface area contributed by atoms with E-state index in [0.29, 0.717) is 69.0 Å². The molecule has 0 unspecified atom stereocenters. The molecule has 0 saturated carbocycles. The Morgan fingerprint density at radius 3 is 2.12 bits per heavy atom. The standard InChI is InChI=1S/C24H26N2O7S/c1-30-17-6-5-14(11-18(17)31-2)24(29)26-7-9-34(10-8-26)22-21(27)15-12-19(32-3)20(33-4)13-16(15)25-23(22)28/h5-6,11-13H,7-10H2,1-4H3,(H-,25,27,28)/p+1. The van der Waals surface area contributed by atoms with Gasteiger partial charge in [0.15, 0.2) is 28.7 Å². The van der Waals surface area contributed by atoms with E-state index in [2.05, 4.69) is 4.98 Å². The quantitative estimate of drug-likeness (QED) is 0.514. The summed E-state index contributed by atoms with van der Waals surface area (Å²) in [5, 5.41) is 11.5. The van der Waals surface area contributed by atoms with Gasteiger partial charge in [-0.25, -0.2) is 0 Å². The zero-order valence-corrected chi connectivity index (χ0v) is 20.3. The van der Waals surface area contributed by atoms with Gasteiger partial charge in [0.25, 0.3) is 10.8 Å². The van der Waals surface area contributed by atoms with E-state index in [4.69, 9.17) is 18.9 Å². The highest BCUT2D eigenvalue weighted by Gasteiger charge is 2.36. The fourth-order valence-corrected chi connectivity index (χ4v) is 6.26. The van der Waals surface area contributed by atoms with Gasteiger partial charge >= 0.3 is 5.56 Å². The maximum Gasteiger partial charge on any atom is 0.307 e. The summed E-state index contributed by atoms with van der Waals surface area (Å²) in [6, 6.07) is 8.36. The van der Waals surface area contributed by atoms with Crippen molar-refractivity contribution in [2.45, 2.75) is 4.90 Å². The molecule has 0 bridgehead atoms. The van der Waals surface area contributed by atoms with E-state index in [1.54, 1.807) is 42.3 Å². The molecular weight excluding hydrogens is 460 g/mol. The number of aromatic amines is 1. The van der Waals surface area contributed by atoms with Crippen molar-refractivity contribution < 1.29 is 28.8 Å². The number of carbonyl (C=O) groups excluding carboxylic acids is 1. The Labute approximate surface area is 199 Å². The molecule has 1 aliphatic heterocycles. The molecule has 1 aliphatic rings. The van der Waals surface area contributed by atoms with Crippen molar-refractivity contribution in [3.63, 3.8) is 0 Å². The van der Waals surface area contributed by atoms with Crippen LogP contribution >= 0.6 is 0 Å². The lowest BCUT2D eigenvalue weighted by molar-refractivity contribution is 0.0771. The average Bonchev–Trinajstić information content (AvgIpc) is 2.87. The summed E-state index contributed by atoms with van der Waals surface area (Å²) in [5.41, 5.74) is 0.641. The number of nitrogens with one attached hydrogen (secondary N) is 1. The summed E-state index contributed by atoms with van der Waals surface area (Å²) in [6.07, 6.45) is 0. The number of aromatic nitrogens is 1. The zero-order chi connectivity index (χ0) is 24.4. The second-order valence-electron chi connectivity index (χ2n) is 7.65. The van der Waals surface area contributed by atoms with Gasteiger partial charge in [0, 0.05) is 27.9 Å². The van der Waals surface area contributed by atoms with E-state index in [1.807, 2.05) is 0 Å². The lowest BCUT2D eigenvalue weighted by atomic mass is 10.1. The molecule has 1 fully saturated rings. The fraction of sp³-hybridized carbons (Fsp3) is 0.333. The smallest absolute Gasteiger partial charge is 0.307 e. The van der Waals surface area contributed by atoms with E-state index in [9.17, 15) is 14.7 Å². The van der Waals surface area contributed by atoms with Crippen molar-refractivity contribution in [3.8, 4) is 28.7 Å². The molecule has 2 N–H and O–H groups in total. The van der Waals surface area contributed by atoms with Crippen molar-refractivity contribution in [1.29, 1.82) is 0 Å². The molecule has 3 aromatic rings. The molecule has 2 heterocycles. The third kappa shape index (κ3) is 4.21. The monoisotopic (exact) mass is 487 g/mol. The number of fused-ring (bicyclic) bond motifs is 1. The number of aromatic hydroxyl groups is 1. The first-order chi connectivity index (χ1) is 16.4. The molecule has 2 aromatic carbocycles. The van der Waals surface area contributed by atoms with E-state index in [-0.39, 0.29) is 17.2 Å². The number of rotatable bonds is 6. The normalized spacial score (nSPS) is 14.2. The fourth-order valence-electron chi connectivity index (χ4n) is 4.07. The third-order valence-electron chi connectivity index (χ3n) is 5.87. The van der Waals surface area contributed by atoms with E-state index < -0.39 is 10.9 Å². The van der Waals surface area contributed by atoms with Crippen LogP contribution in [0.3, 0.4) is 0 Å². The lowest BCUT2D eigenvalue weighted by Gasteiger charge is -2.27. The molecule has 0 radical (unpaired) electrons. The molecule has 0 spiro atoms. The predicted molar refractivity (Wildman–Crippen MR) is 130 cm³/mol. The number of nitrogens with zero attached hydrogens (tertiary/aromatic N) is 1. The summed E-state index contributed by atoms with van der Waals surface area (Å²) < 4.78 is 21.2. The Morgan fingerprint density at radius 1 is 0.912 bits per heavy atom. The molecule has 1 amide bonds. The maximum atomic E-state index is 13.0. The molecule has 180 valence electrons. The van der Waals surface area contributed by atoms with Gasteiger partial charge in [-0.15, -0.1) is 0 Å². The van der Waals surface area contributed by atoms with Crippen LogP contribution in [0, 0.1) is 0 Å². The van der Waals surface area contributed by atoms with Crippen LogP contribution in [-0.4, -0.2) is 73.9 Å². The number of benzene rings is 2. The number of ether oxygens (including phenoxy) is 4. The molecule has 0 atom stereocenters. The highest BCUT2D eigenvalue weighted by Crippen LogP contribution is 2.37. The second kappa shape index (κ2) is 9.76. The minimum atomic E-state index is -0.512. The molecule has 34 heavy (non-hydrogen) atoms. The first-order valence-electron chi connectivity index (χ1n) is 10.6. The predicted octanol–water partition coefficient (Wildman–Crippen LogP) is 2.40. The average molecular weight is 488 g/mol. The van der Waals surface area contributed by atoms with Crippen molar-refractivity contribution in [2.24, 2.45) is 0 Å². The Morgan fingerprint density at radius 2 is 1.50 bits per heavy atom.